The van der Waals surface area contributed by atoms with E-state index in [0.29, 0.717) is 0 Å². The quantitative estimate of drug-likeness (QED) is 0.850. The molecular formula is C11H9FO2S. The number of hydrogen-bond donors (Lipinski definition) is 1. The monoisotopic (exact) mass is 224 g/mol. The first-order valence-corrected chi connectivity index (χ1v) is 5.37. The first-order chi connectivity index (χ1) is 7.09. The summed E-state index contributed by atoms with van der Waals surface area (Å²) in [5, 5.41) is 11.5. The molecule has 1 heterocycles. The van der Waals surface area contributed by atoms with Gasteiger partial charge in [0.05, 0.1) is 5.92 Å². The Hall–Kier alpha value is -1.42. The predicted octanol–water partition coefficient (Wildman–Crippen LogP) is 3.23. The third-order valence-corrected chi connectivity index (χ3v) is 3.37. The number of hydrogen-bond acceptors (Lipinski definition) is 2. The van der Waals surface area contributed by atoms with Crippen LogP contribution in [-0.2, 0) is 4.79 Å². The number of aliphatic carboxylic acids is 1. The van der Waals surface area contributed by atoms with Crippen molar-refractivity contribution >= 4 is 27.4 Å². The van der Waals surface area contributed by atoms with Crippen LogP contribution >= 0.6 is 11.3 Å². The smallest absolute Gasteiger partial charge is 0.310 e. The van der Waals surface area contributed by atoms with Gasteiger partial charge in [0.25, 0.3) is 0 Å². The van der Waals surface area contributed by atoms with Crippen LogP contribution in [0.15, 0.2) is 23.6 Å². The standard InChI is InChI=1S/C11H9FO2S/c1-6(11(13)14)9-5-15-10-4-7(12)2-3-8(9)10/h2-6H,1H3,(H,13,14). The molecule has 1 unspecified atom stereocenters. The van der Waals surface area contributed by atoms with Gasteiger partial charge in [0.1, 0.15) is 5.82 Å². The lowest BCUT2D eigenvalue weighted by Crippen LogP contribution is -2.06. The maximum Gasteiger partial charge on any atom is 0.310 e. The van der Waals surface area contributed by atoms with E-state index in [1.807, 2.05) is 0 Å². The van der Waals surface area contributed by atoms with Crippen molar-refractivity contribution in [3.8, 4) is 0 Å². The molecule has 0 amide bonds. The Kier molecular flexibility index (Phi) is 2.44. The van der Waals surface area contributed by atoms with Gasteiger partial charge in [-0.3, -0.25) is 4.79 Å². The summed E-state index contributed by atoms with van der Waals surface area (Å²) >= 11 is 1.37. The number of carbonyl (C=O) groups is 1. The number of thiophene rings is 1. The van der Waals surface area contributed by atoms with Gasteiger partial charge in [-0.05, 0) is 35.4 Å². The summed E-state index contributed by atoms with van der Waals surface area (Å²) in [7, 11) is 0. The molecule has 78 valence electrons. The average molecular weight is 224 g/mol. The second-order valence-electron chi connectivity index (χ2n) is 3.39. The third kappa shape index (κ3) is 1.72. The number of benzene rings is 1. The van der Waals surface area contributed by atoms with E-state index in [1.165, 1.54) is 23.5 Å². The largest absolute Gasteiger partial charge is 0.481 e. The van der Waals surface area contributed by atoms with Crippen LogP contribution in [0, 0.1) is 5.82 Å². The Bertz CT molecular complexity index is 518. The molecule has 0 bridgehead atoms. The highest BCUT2D eigenvalue weighted by Gasteiger charge is 2.17. The summed E-state index contributed by atoms with van der Waals surface area (Å²) in [6.07, 6.45) is 0. The van der Waals surface area contributed by atoms with E-state index >= 15 is 0 Å². The topological polar surface area (TPSA) is 37.3 Å². The number of carboxylic acid groups (broad SMARTS) is 1. The zero-order valence-corrected chi connectivity index (χ0v) is 8.84. The van der Waals surface area contributed by atoms with Gasteiger partial charge in [-0.2, -0.15) is 0 Å². The van der Waals surface area contributed by atoms with Gasteiger partial charge in [0.2, 0.25) is 0 Å². The normalized spacial score (nSPS) is 12.9. The van der Waals surface area contributed by atoms with Gasteiger partial charge in [-0.25, -0.2) is 4.39 Å². The van der Waals surface area contributed by atoms with Crippen LogP contribution in [0.5, 0.6) is 0 Å². The molecule has 2 nitrogen and oxygen atoms in total. The molecule has 1 atom stereocenters. The molecule has 0 spiro atoms. The summed E-state index contributed by atoms with van der Waals surface area (Å²) in [5.41, 5.74) is 0.752. The minimum Gasteiger partial charge on any atom is -0.481 e. The molecule has 1 aromatic heterocycles. The molecule has 2 aromatic rings. The molecule has 0 radical (unpaired) electrons. The Labute approximate surface area is 90.0 Å². The number of rotatable bonds is 2. The van der Waals surface area contributed by atoms with Crippen LogP contribution in [0.4, 0.5) is 4.39 Å². The van der Waals surface area contributed by atoms with Crippen molar-refractivity contribution in [3.05, 3.63) is 35.0 Å². The number of fused-ring (bicyclic) bond motifs is 1. The fourth-order valence-electron chi connectivity index (χ4n) is 1.49. The zero-order valence-electron chi connectivity index (χ0n) is 8.03. The van der Waals surface area contributed by atoms with Crippen molar-refractivity contribution in [2.24, 2.45) is 0 Å². The fraction of sp³-hybridized carbons (Fsp3) is 0.182. The van der Waals surface area contributed by atoms with Gasteiger partial charge >= 0.3 is 5.97 Å². The molecule has 0 aliphatic heterocycles. The van der Waals surface area contributed by atoms with Crippen LogP contribution in [-0.4, -0.2) is 11.1 Å². The molecule has 2 rings (SSSR count). The van der Waals surface area contributed by atoms with E-state index < -0.39 is 11.9 Å². The molecule has 1 N–H and O–H groups in total. The van der Waals surface area contributed by atoms with E-state index in [4.69, 9.17) is 5.11 Å². The predicted molar refractivity (Wildman–Crippen MR) is 57.8 cm³/mol. The van der Waals surface area contributed by atoms with Gasteiger partial charge in [0, 0.05) is 4.70 Å². The highest BCUT2D eigenvalue weighted by Crippen LogP contribution is 2.31. The van der Waals surface area contributed by atoms with Crippen molar-refractivity contribution in [2.75, 3.05) is 0 Å². The van der Waals surface area contributed by atoms with Crippen LogP contribution in [0.25, 0.3) is 10.1 Å². The summed E-state index contributed by atoms with van der Waals surface area (Å²) in [5.74, 6) is -1.71. The molecule has 0 aliphatic carbocycles. The molecule has 0 saturated carbocycles. The summed E-state index contributed by atoms with van der Waals surface area (Å²) < 4.78 is 13.7. The Morgan fingerprint density at radius 2 is 2.27 bits per heavy atom. The van der Waals surface area contributed by atoms with Crippen LogP contribution in [0.3, 0.4) is 0 Å². The second kappa shape index (κ2) is 3.62. The average Bonchev–Trinajstić information content (AvgIpc) is 2.59. The minimum atomic E-state index is -0.862. The molecule has 15 heavy (non-hydrogen) atoms. The van der Waals surface area contributed by atoms with Crippen molar-refractivity contribution in [1.29, 1.82) is 0 Å². The van der Waals surface area contributed by atoms with Gasteiger partial charge < -0.3 is 5.11 Å². The van der Waals surface area contributed by atoms with E-state index in [0.717, 1.165) is 15.6 Å². The Morgan fingerprint density at radius 1 is 1.53 bits per heavy atom. The molecular weight excluding hydrogens is 215 g/mol. The Morgan fingerprint density at radius 3 is 2.93 bits per heavy atom. The van der Waals surface area contributed by atoms with Gasteiger partial charge in [-0.1, -0.05) is 6.07 Å². The lowest BCUT2D eigenvalue weighted by atomic mass is 10.0. The van der Waals surface area contributed by atoms with Gasteiger partial charge in [-0.15, -0.1) is 11.3 Å². The lowest BCUT2D eigenvalue weighted by Gasteiger charge is -2.03. The third-order valence-electron chi connectivity index (χ3n) is 2.40. The number of carboxylic acids is 1. The van der Waals surface area contributed by atoms with Crippen molar-refractivity contribution in [1.82, 2.24) is 0 Å². The lowest BCUT2D eigenvalue weighted by molar-refractivity contribution is -0.138. The molecule has 0 saturated heterocycles. The SMILES string of the molecule is CC(C(=O)O)c1csc2cc(F)ccc12. The molecule has 1 aromatic carbocycles. The fourth-order valence-corrected chi connectivity index (χ4v) is 2.57. The summed E-state index contributed by atoms with van der Waals surface area (Å²) in [6.45, 7) is 1.63. The van der Waals surface area contributed by atoms with E-state index in [-0.39, 0.29) is 5.82 Å². The minimum absolute atomic E-state index is 0.293. The molecule has 4 heteroatoms. The summed E-state index contributed by atoms with van der Waals surface area (Å²) in [6, 6.07) is 4.42. The van der Waals surface area contributed by atoms with Gasteiger partial charge in [0.15, 0.2) is 0 Å². The Balaban J connectivity index is 2.59. The number of halogens is 1. The van der Waals surface area contributed by atoms with Crippen LogP contribution in [0.2, 0.25) is 0 Å². The maximum atomic E-state index is 12.9. The van der Waals surface area contributed by atoms with E-state index in [9.17, 15) is 9.18 Å². The maximum absolute atomic E-state index is 12.9. The molecule has 0 fully saturated rings. The van der Waals surface area contributed by atoms with Crippen LogP contribution < -0.4 is 0 Å². The zero-order chi connectivity index (χ0) is 11.0. The second-order valence-corrected chi connectivity index (χ2v) is 4.30. The first-order valence-electron chi connectivity index (χ1n) is 4.49. The summed E-state index contributed by atoms with van der Waals surface area (Å²) in [4.78, 5) is 10.8. The highest BCUT2D eigenvalue weighted by molar-refractivity contribution is 7.17. The van der Waals surface area contributed by atoms with Crippen molar-refractivity contribution < 1.29 is 14.3 Å². The van der Waals surface area contributed by atoms with E-state index in [1.54, 1.807) is 18.4 Å². The van der Waals surface area contributed by atoms with Crippen molar-refractivity contribution in [3.63, 3.8) is 0 Å². The first kappa shape index (κ1) is 10.1. The van der Waals surface area contributed by atoms with Crippen LogP contribution in [0.1, 0.15) is 18.4 Å². The molecule has 0 aliphatic rings. The van der Waals surface area contributed by atoms with E-state index in [2.05, 4.69) is 0 Å². The van der Waals surface area contributed by atoms with Crippen molar-refractivity contribution in [2.45, 2.75) is 12.8 Å². The highest BCUT2D eigenvalue weighted by atomic mass is 32.1.